The van der Waals surface area contributed by atoms with Gasteiger partial charge in [0.1, 0.15) is 11.5 Å². The first kappa shape index (κ1) is 29.4. The normalized spacial score (nSPS) is 11.3. The van der Waals surface area contributed by atoms with Gasteiger partial charge in [-0.1, -0.05) is 12.1 Å². The molecule has 14 heteroatoms. The predicted octanol–water partition coefficient (Wildman–Crippen LogP) is 3.70. The fraction of sp³-hybridized carbons (Fsp3) is 0.200. The third kappa shape index (κ3) is 8.17. The fourth-order valence-corrected chi connectivity index (χ4v) is 3.59. The molecule has 0 aromatic carbocycles. The van der Waals surface area contributed by atoms with Crippen molar-refractivity contribution in [3.8, 4) is 34.3 Å². The minimum Gasteiger partial charge on any atom is -0.497 e. The van der Waals surface area contributed by atoms with Crippen LogP contribution in [0.2, 0.25) is 0 Å². The molecule has 206 valence electrons. The van der Waals surface area contributed by atoms with Crippen LogP contribution < -0.4 is 19.9 Å². The Labute approximate surface area is 223 Å². The number of alkyl halides is 3. The molecular weight excluding hydrogens is 537 g/mol. The average molecular weight is 563 g/mol. The van der Waals surface area contributed by atoms with Crippen LogP contribution in [0.15, 0.2) is 73.1 Å². The highest BCUT2D eigenvalue weighted by atomic mass is 32.2. The maximum Gasteiger partial charge on any atom is 0.511 e. The fourth-order valence-electron chi connectivity index (χ4n) is 3.09. The summed E-state index contributed by atoms with van der Waals surface area (Å²) < 4.78 is 70.7. The SMILES string of the molecule is COc1cc(CN)nc(-c2ccccn2)c1.COc1cc(CNS(=O)(=O)C(F)(F)F)nc(-c2ccccn2)c1. The van der Waals surface area contributed by atoms with Crippen molar-refractivity contribution < 1.29 is 31.1 Å². The summed E-state index contributed by atoms with van der Waals surface area (Å²) in [4.78, 5) is 16.8. The summed E-state index contributed by atoms with van der Waals surface area (Å²) in [5, 5.41) is 0. The van der Waals surface area contributed by atoms with Gasteiger partial charge in [-0.15, -0.1) is 0 Å². The van der Waals surface area contributed by atoms with Crippen LogP contribution in [0.25, 0.3) is 22.8 Å². The van der Waals surface area contributed by atoms with E-state index in [0.29, 0.717) is 23.7 Å². The molecular formula is C25H25F3N6O4S. The van der Waals surface area contributed by atoms with Crippen molar-refractivity contribution in [2.24, 2.45) is 5.73 Å². The highest BCUT2D eigenvalue weighted by Gasteiger charge is 2.45. The Kier molecular flexibility index (Phi) is 9.87. The Hall–Kier alpha value is -4.14. The summed E-state index contributed by atoms with van der Waals surface area (Å²) in [5.74, 6) is 1.07. The van der Waals surface area contributed by atoms with Crippen molar-refractivity contribution in [1.29, 1.82) is 0 Å². The van der Waals surface area contributed by atoms with Crippen molar-refractivity contribution in [1.82, 2.24) is 24.7 Å². The largest absolute Gasteiger partial charge is 0.511 e. The zero-order valence-corrected chi connectivity index (χ0v) is 21.7. The monoisotopic (exact) mass is 562 g/mol. The molecule has 39 heavy (non-hydrogen) atoms. The molecule has 0 aliphatic heterocycles. The van der Waals surface area contributed by atoms with E-state index in [1.165, 1.54) is 24.1 Å². The van der Waals surface area contributed by atoms with Crippen LogP contribution in [-0.2, 0) is 23.1 Å². The topological polar surface area (TPSA) is 142 Å². The highest BCUT2D eigenvalue weighted by molar-refractivity contribution is 7.90. The van der Waals surface area contributed by atoms with Crippen LogP contribution in [0.5, 0.6) is 11.5 Å². The molecule has 4 rings (SSSR count). The zero-order valence-electron chi connectivity index (χ0n) is 20.9. The molecule has 0 atom stereocenters. The lowest BCUT2D eigenvalue weighted by molar-refractivity contribution is -0.0448. The second-order valence-corrected chi connectivity index (χ2v) is 9.43. The Morgan fingerprint density at radius 3 is 1.69 bits per heavy atom. The first-order chi connectivity index (χ1) is 18.6. The highest BCUT2D eigenvalue weighted by Crippen LogP contribution is 2.24. The van der Waals surface area contributed by atoms with Crippen molar-refractivity contribution in [3.63, 3.8) is 0 Å². The molecule has 10 nitrogen and oxygen atoms in total. The van der Waals surface area contributed by atoms with Gasteiger partial charge in [0, 0.05) is 43.2 Å². The van der Waals surface area contributed by atoms with Crippen LogP contribution in [0.4, 0.5) is 13.2 Å². The average Bonchev–Trinajstić information content (AvgIpc) is 2.96. The third-order valence-electron chi connectivity index (χ3n) is 4.99. The molecule has 0 radical (unpaired) electrons. The summed E-state index contributed by atoms with van der Waals surface area (Å²) in [6.45, 7) is -0.240. The van der Waals surface area contributed by atoms with E-state index in [0.717, 1.165) is 22.8 Å². The van der Waals surface area contributed by atoms with Gasteiger partial charge in [-0.05, 0) is 24.3 Å². The second kappa shape index (κ2) is 13.1. The Balaban J connectivity index is 0.000000230. The van der Waals surface area contributed by atoms with Gasteiger partial charge in [-0.25, -0.2) is 23.1 Å². The van der Waals surface area contributed by atoms with Gasteiger partial charge < -0.3 is 15.2 Å². The van der Waals surface area contributed by atoms with Crippen LogP contribution in [0.1, 0.15) is 11.4 Å². The molecule has 4 aromatic heterocycles. The number of hydrogen-bond donors (Lipinski definition) is 2. The van der Waals surface area contributed by atoms with Crippen molar-refractivity contribution in [2.75, 3.05) is 14.2 Å². The molecule has 0 aliphatic rings. The van der Waals surface area contributed by atoms with Crippen LogP contribution in [0, 0.1) is 0 Å². The molecule has 0 amide bonds. The third-order valence-corrected chi connectivity index (χ3v) is 6.12. The Bertz CT molecular complexity index is 1450. The predicted molar refractivity (Wildman–Crippen MR) is 138 cm³/mol. The summed E-state index contributed by atoms with van der Waals surface area (Å²) in [5.41, 5.74) is 3.49. The van der Waals surface area contributed by atoms with Gasteiger partial charge in [0.15, 0.2) is 0 Å². The van der Waals surface area contributed by atoms with Crippen LogP contribution in [0.3, 0.4) is 0 Å². The molecule has 0 aliphatic carbocycles. The van der Waals surface area contributed by atoms with Gasteiger partial charge in [0.25, 0.3) is 0 Å². The van der Waals surface area contributed by atoms with E-state index in [2.05, 4.69) is 19.9 Å². The molecule has 4 aromatic rings. The lowest BCUT2D eigenvalue weighted by atomic mass is 10.2. The van der Waals surface area contributed by atoms with E-state index >= 15 is 0 Å². The summed E-state index contributed by atoms with van der Waals surface area (Å²) in [6, 6.07) is 17.3. The first-order valence-electron chi connectivity index (χ1n) is 11.2. The lowest BCUT2D eigenvalue weighted by Gasteiger charge is -2.11. The van der Waals surface area contributed by atoms with Crippen LogP contribution >= 0.6 is 0 Å². The van der Waals surface area contributed by atoms with E-state index in [9.17, 15) is 21.6 Å². The molecule has 3 N–H and O–H groups in total. The smallest absolute Gasteiger partial charge is 0.497 e. The molecule has 4 heterocycles. The van der Waals surface area contributed by atoms with Crippen molar-refractivity contribution in [2.45, 2.75) is 18.6 Å². The van der Waals surface area contributed by atoms with Gasteiger partial charge in [-0.2, -0.15) is 13.2 Å². The number of methoxy groups -OCH3 is 2. The van der Waals surface area contributed by atoms with Crippen LogP contribution in [-0.4, -0.2) is 48.1 Å². The maximum absolute atomic E-state index is 12.3. The van der Waals surface area contributed by atoms with Crippen molar-refractivity contribution >= 4 is 10.0 Å². The van der Waals surface area contributed by atoms with Gasteiger partial charge in [0.05, 0.1) is 54.9 Å². The van der Waals surface area contributed by atoms with Gasteiger partial charge in [0.2, 0.25) is 0 Å². The Morgan fingerprint density at radius 1 is 0.795 bits per heavy atom. The second-order valence-electron chi connectivity index (χ2n) is 7.67. The molecule has 0 saturated heterocycles. The summed E-state index contributed by atoms with van der Waals surface area (Å²) >= 11 is 0. The number of halogens is 3. The van der Waals surface area contributed by atoms with Gasteiger partial charge >= 0.3 is 15.5 Å². The van der Waals surface area contributed by atoms with E-state index in [4.69, 9.17) is 15.2 Å². The number of nitrogens with one attached hydrogen (secondary N) is 1. The summed E-state index contributed by atoms with van der Waals surface area (Å²) in [6.07, 6.45) is 3.27. The zero-order chi connectivity index (χ0) is 28.5. The molecule has 0 unspecified atom stereocenters. The van der Waals surface area contributed by atoms with Gasteiger partial charge in [-0.3, -0.25) is 9.97 Å². The molecule has 0 fully saturated rings. The molecule has 0 saturated carbocycles. The number of nitrogens with zero attached hydrogens (tertiary/aromatic N) is 4. The number of rotatable bonds is 8. The number of hydrogen-bond acceptors (Lipinski definition) is 9. The summed E-state index contributed by atoms with van der Waals surface area (Å²) in [7, 11) is -2.44. The first-order valence-corrected chi connectivity index (χ1v) is 12.7. The van der Waals surface area contributed by atoms with E-state index in [-0.39, 0.29) is 5.69 Å². The number of aromatic nitrogens is 4. The molecule has 0 spiro atoms. The number of pyridine rings is 4. The number of sulfonamides is 1. The van der Waals surface area contributed by atoms with E-state index in [1.807, 2.05) is 30.3 Å². The molecule has 0 bridgehead atoms. The van der Waals surface area contributed by atoms with E-state index < -0.39 is 22.1 Å². The minimum atomic E-state index is -5.44. The lowest BCUT2D eigenvalue weighted by Crippen LogP contribution is -2.36. The maximum atomic E-state index is 12.3. The number of ether oxygens (including phenoxy) is 2. The Morgan fingerprint density at radius 2 is 1.28 bits per heavy atom. The quantitative estimate of drug-likeness (QED) is 0.329. The number of nitrogens with two attached hydrogens (primary N) is 1. The minimum absolute atomic E-state index is 0.0674. The standard InChI is InChI=1S/C13H12F3N3O3S.C12H13N3O/c1-22-10-6-9(8-18-23(20,21)13(14,15)16)19-12(7-10)11-4-2-3-5-17-11;1-16-10-6-9(8-13)15-12(7-10)11-4-2-3-5-14-11/h2-7,18H,8H2,1H3;2-7H,8,13H2,1H3. The van der Waals surface area contributed by atoms with Crippen molar-refractivity contribution in [3.05, 3.63) is 84.4 Å². The van der Waals surface area contributed by atoms with E-state index in [1.54, 1.807) is 37.6 Å².